The zero-order chi connectivity index (χ0) is 9.07. The molecule has 0 bridgehead atoms. The molecule has 10 heteroatoms. The smallest absolute Gasteiger partial charge is 0.326 e. The van der Waals surface area contributed by atoms with Gasteiger partial charge in [-0.15, -0.1) is 0 Å². The Morgan fingerprint density at radius 2 is 1.36 bits per heavy atom. The van der Waals surface area contributed by atoms with Crippen LogP contribution in [0.4, 0.5) is 0 Å². The van der Waals surface area contributed by atoms with Crippen LogP contribution in [0.15, 0.2) is 0 Å². The highest BCUT2D eigenvalue weighted by Gasteiger charge is 2.30. The van der Waals surface area contributed by atoms with E-state index in [1.807, 2.05) is 0 Å². The summed E-state index contributed by atoms with van der Waals surface area (Å²) in [7, 11) is -6.82. The first-order chi connectivity index (χ1) is 4.83. The molecule has 0 rings (SSSR count). The fourth-order valence-corrected chi connectivity index (χ4v) is 1.59. The summed E-state index contributed by atoms with van der Waals surface area (Å²) in [6.45, 7) is 0. The molecular formula is CH4Cl2O6P2. The van der Waals surface area contributed by atoms with Crippen LogP contribution in [0.1, 0.15) is 0 Å². The molecule has 0 spiro atoms. The lowest BCUT2D eigenvalue weighted by molar-refractivity contribution is 0.0328. The van der Waals surface area contributed by atoms with Crippen molar-refractivity contribution in [2.45, 2.75) is 4.71 Å². The molecule has 0 aliphatic rings. The molecule has 0 radical (unpaired) electrons. The number of hydrogen-bond donors (Lipinski definition) is 2. The Hall–Kier alpha value is 0.880. The molecular weight excluding hydrogens is 241 g/mol. The third-order valence-electron chi connectivity index (χ3n) is 0.412. The lowest BCUT2D eigenvalue weighted by Crippen LogP contribution is -2.14. The van der Waals surface area contributed by atoms with Gasteiger partial charge in [0.1, 0.15) is 0 Å². The Bertz CT molecular complexity index is 161. The molecule has 0 amide bonds. The summed E-state index contributed by atoms with van der Waals surface area (Å²) in [5.41, 5.74) is 0. The predicted octanol–water partition coefficient (Wildman–Crippen LogP) is 0.873. The van der Waals surface area contributed by atoms with Crippen molar-refractivity contribution in [2.24, 2.45) is 0 Å². The maximum absolute atomic E-state index is 9.94. The van der Waals surface area contributed by atoms with E-state index in [9.17, 15) is 9.13 Å². The highest BCUT2D eigenvalue weighted by atomic mass is 35.5. The second-order valence-corrected chi connectivity index (χ2v) is 3.86. The van der Waals surface area contributed by atoms with E-state index in [1.165, 1.54) is 0 Å². The van der Waals surface area contributed by atoms with E-state index in [-0.39, 0.29) is 0 Å². The quantitative estimate of drug-likeness (QED) is 0.433. The molecule has 2 unspecified atom stereocenters. The van der Waals surface area contributed by atoms with Gasteiger partial charge in [0.05, 0.1) is 0 Å². The van der Waals surface area contributed by atoms with Crippen molar-refractivity contribution in [2.75, 3.05) is 0 Å². The normalized spacial score (nSPS) is 17.8. The number of rotatable bonds is 4. The minimum Gasteiger partial charge on any atom is -0.326 e. The average molecular weight is 245 g/mol. The Morgan fingerprint density at radius 1 is 1.09 bits per heavy atom. The maximum Gasteiger partial charge on any atom is 0.345 e. The van der Waals surface area contributed by atoms with Gasteiger partial charge in [-0.05, 0) is 23.2 Å². The zero-order valence-electron chi connectivity index (χ0n) is 4.78. The summed E-state index contributed by atoms with van der Waals surface area (Å²) >= 11 is 9.96. The molecule has 68 valence electrons. The minimum atomic E-state index is -3.41. The van der Waals surface area contributed by atoms with Gasteiger partial charge in [-0.1, -0.05) is 0 Å². The predicted molar refractivity (Wildman–Crippen MR) is 39.0 cm³/mol. The molecule has 0 aliphatic heterocycles. The first kappa shape index (κ1) is 11.9. The van der Waals surface area contributed by atoms with Crippen molar-refractivity contribution in [1.82, 2.24) is 0 Å². The Labute approximate surface area is 72.9 Å². The zero-order valence-corrected chi connectivity index (χ0v) is 8.30. The molecule has 0 aromatic heterocycles. The van der Waals surface area contributed by atoms with Crippen molar-refractivity contribution in [3.63, 3.8) is 0 Å². The molecule has 0 fully saturated rings. The first-order valence-corrected chi connectivity index (χ1v) is 5.33. The minimum absolute atomic E-state index is 2.55. The van der Waals surface area contributed by atoms with E-state index in [4.69, 9.17) is 33.0 Å². The van der Waals surface area contributed by atoms with Crippen molar-refractivity contribution in [3.05, 3.63) is 0 Å². The molecule has 0 saturated heterocycles. The summed E-state index contributed by atoms with van der Waals surface area (Å²) in [6.07, 6.45) is 0. The van der Waals surface area contributed by atoms with Crippen molar-refractivity contribution in [1.29, 1.82) is 0 Å². The van der Waals surface area contributed by atoms with Crippen LogP contribution in [0, 0.1) is 0 Å². The first-order valence-electron chi connectivity index (χ1n) is 2.05. The lowest BCUT2D eigenvalue weighted by Gasteiger charge is -2.15. The lowest BCUT2D eigenvalue weighted by atomic mass is 11.5. The average Bonchev–Trinajstić information content (AvgIpc) is 1.53. The van der Waals surface area contributed by atoms with Crippen LogP contribution in [0.2, 0.25) is 0 Å². The van der Waals surface area contributed by atoms with E-state index in [1.54, 1.807) is 0 Å². The SMILES string of the molecule is O=[PH](O)OC(Cl)(Cl)O[PH](=O)O. The van der Waals surface area contributed by atoms with Crippen molar-refractivity contribution in [3.8, 4) is 0 Å². The van der Waals surface area contributed by atoms with Gasteiger partial charge < -0.3 is 9.79 Å². The monoisotopic (exact) mass is 244 g/mol. The van der Waals surface area contributed by atoms with Gasteiger partial charge in [0.2, 0.25) is 0 Å². The van der Waals surface area contributed by atoms with Gasteiger partial charge in [-0.25, -0.2) is 9.05 Å². The van der Waals surface area contributed by atoms with Crippen LogP contribution in [0.5, 0.6) is 0 Å². The van der Waals surface area contributed by atoms with Gasteiger partial charge in [0, 0.05) is 0 Å². The fourth-order valence-electron chi connectivity index (χ4n) is 0.224. The van der Waals surface area contributed by atoms with Crippen LogP contribution in [0.25, 0.3) is 0 Å². The molecule has 6 nitrogen and oxygen atoms in total. The van der Waals surface area contributed by atoms with Crippen LogP contribution < -0.4 is 0 Å². The maximum atomic E-state index is 9.94. The van der Waals surface area contributed by atoms with Crippen molar-refractivity contribution < 1.29 is 28.0 Å². The second-order valence-electron chi connectivity index (χ2n) is 1.20. The van der Waals surface area contributed by atoms with Gasteiger partial charge in [-0.2, -0.15) is 0 Å². The number of hydrogen-bond acceptors (Lipinski definition) is 4. The van der Waals surface area contributed by atoms with Gasteiger partial charge >= 0.3 is 21.2 Å². The third kappa shape index (κ3) is 7.25. The molecule has 2 N–H and O–H groups in total. The summed E-state index contributed by atoms with van der Waals surface area (Å²) in [4.78, 5) is 16.2. The Morgan fingerprint density at radius 3 is 1.55 bits per heavy atom. The molecule has 0 heterocycles. The van der Waals surface area contributed by atoms with E-state index in [2.05, 4.69) is 9.05 Å². The van der Waals surface area contributed by atoms with Crippen LogP contribution in [-0.2, 0) is 18.2 Å². The van der Waals surface area contributed by atoms with E-state index < -0.39 is 21.2 Å². The van der Waals surface area contributed by atoms with Crippen molar-refractivity contribution >= 4 is 39.7 Å². The topological polar surface area (TPSA) is 93.1 Å². The summed E-state index contributed by atoms with van der Waals surface area (Å²) in [6, 6.07) is 0. The van der Waals surface area contributed by atoms with Gasteiger partial charge in [0.15, 0.2) is 0 Å². The number of alkyl halides is 2. The van der Waals surface area contributed by atoms with Crippen LogP contribution in [-0.4, -0.2) is 14.5 Å². The van der Waals surface area contributed by atoms with Gasteiger partial charge in [0.25, 0.3) is 0 Å². The molecule has 0 saturated carbocycles. The Kier molecular flexibility index (Phi) is 5.18. The molecule has 0 aliphatic carbocycles. The van der Waals surface area contributed by atoms with Gasteiger partial charge in [-0.3, -0.25) is 9.13 Å². The highest BCUT2D eigenvalue weighted by Crippen LogP contribution is 2.40. The van der Waals surface area contributed by atoms with E-state index >= 15 is 0 Å². The Balaban J connectivity index is 3.99. The molecule has 0 aromatic rings. The van der Waals surface area contributed by atoms with E-state index in [0.29, 0.717) is 0 Å². The highest BCUT2D eigenvalue weighted by molar-refractivity contribution is 7.33. The molecule has 0 aromatic carbocycles. The number of halogens is 2. The third-order valence-corrected chi connectivity index (χ3v) is 2.16. The van der Waals surface area contributed by atoms with Crippen LogP contribution in [0.3, 0.4) is 0 Å². The molecule has 11 heavy (non-hydrogen) atoms. The van der Waals surface area contributed by atoms with E-state index in [0.717, 1.165) is 0 Å². The summed E-state index contributed by atoms with van der Waals surface area (Å²) < 4.78 is 25.0. The summed E-state index contributed by atoms with van der Waals surface area (Å²) in [5, 5.41) is 0. The summed E-state index contributed by atoms with van der Waals surface area (Å²) in [5.74, 6) is 0. The molecule has 2 atom stereocenters. The van der Waals surface area contributed by atoms with Crippen LogP contribution >= 0.6 is 39.7 Å². The largest absolute Gasteiger partial charge is 0.345 e. The standard InChI is InChI=1S/CH4Cl2O6P2/c2-1(3,8-10(4)5)9-11(6)7/h10-11H,(H,4,5)(H,6,7). The fraction of sp³-hybridized carbons (Fsp3) is 1.00. The second kappa shape index (κ2) is 4.80.